The van der Waals surface area contributed by atoms with Crippen LogP contribution >= 0.6 is 34.8 Å². The number of carbonyl (C=O) groups is 2. The Bertz CT molecular complexity index is 1500. The number of benzene rings is 3. The van der Waals surface area contributed by atoms with Crippen LogP contribution in [0.3, 0.4) is 0 Å². The van der Waals surface area contributed by atoms with E-state index in [1.807, 2.05) is 37.3 Å². The number of carbonyl (C=O) groups excluding carboxylic acids is 2. The minimum atomic E-state index is -3.66. The predicted molar refractivity (Wildman–Crippen MR) is 176 cm³/mol. The molecule has 0 aromatic heterocycles. The molecule has 0 heterocycles. The van der Waals surface area contributed by atoms with E-state index in [1.54, 1.807) is 48.2 Å². The predicted octanol–water partition coefficient (Wildman–Crippen LogP) is 7.06. The van der Waals surface area contributed by atoms with Crippen molar-refractivity contribution in [3.8, 4) is 0 Å². The molecule has 3 aromatic carbocycles. The van der Waals surface area contributed by atoms with Gasteiger partial charge in [0.15, 0.2) is 0 Å². The minimum Gasteiger partial charge on any atom is -0.354 e. The zero-order chi connectivity index (χ0) is 31.6. The molecule has 2 amide bonds. The summed E-state index contributed by atoms with van der Waals surface area (Å²) in [5.74, 6) is -0.558. The lowest BCUT2D eigenvalue weighted by atomic mass is 10.0. The van der Waals surface area contributed by atoms with Crippen LogP contribution in [0.1, 0.15) is 49.3 Å². The molecule has 43 heavy (non-hydrogen) atoms. The molecular weight excluding hydrogens is 629 g/mol. The van der Waals surface area contributed by atoms with E-state index < -0.39 is 16.1 Å². The fraction of sp³-hybridized carbons (Fsp3) is 0.375. The van der Waals surface area contributed by atoms with E-state index in [2.05, 4.69) is 5.32 Å². The number of nitrogens with zero attached hydrogens (tertiary/aromatic N) is 2. The van der Waals surface area contributed by atoms with Crippen LogP contribution in [0, 0.1) is 6.92 Å². The van der Waals surface area contributed by atoms with Crippen molar-refractivity contribution in [3.63, 3.8) is 0 Å². The molecule has 0 spiro atoms. The van der Waals surface area contributed by atoms with Crippen molar-refractivity contribution in [1.29, 1.82) is 0 Å². The van der Waals surface area contributed by atoms with Gasteiger partial charge in [0, 0.05) is 47.5 Å². The van der Waals surface area contributed by atoms with E-state index in [4.69, 9.17) is 34.8 Å². The van der Waals surface area contributed by atoms with Crippen LogP contribution < -0.4 is 9.62 Å². The Morgan fingerprint density at radius 3 is 2.30 bits per heavy atom. The summed E-state index contributed by atoms with van der Waals surface area (Å²) in [7, 11) is -3.66. The third kappa shape index (κ3) is 10.1. The first-order valence-corrected chi connectivity index (χ1v) is 17.2. The molecule has 0 saturated carbocycles. The van der Waals surface area contributed by atoms with Crippen molar-refractivity contribution < 1.29 is 18.0 Å². The summed E-state index contributed by atoms with van der Waals surface area (Å²) in [4.78, 5) is 29.1. The van der Waals surface area contributed by atoms with Gasteiger partial charge in [-0.05, 0) is 60.7 Å². The molecule has 0 unspecified atom stereocenters. The Hall–Kier alpha value is -2.78. The summed E-state index contributed by atoms with van der Waals surface area (Å²) >= 11 is 18.9. The van der Waals surface area contributed by atoms with Crippen molar-refractivity contribution in [3.05, 3.63) is 98.5 Å². The largest absolute Gasteiger partial charge is 0.354 e. The first-order chi connectivity index (χ1) is 20.4. The SMILES string of the molecule is CCCCNC(=O)[C@@H](Cc1ccccc1)N(Cc1ccc(Cl)cc1Cl)C(=O)CCCN(c1cccc(Cl)c1C)S(C)(=O)=O. The number of hydrogen-bond acceptors (Lipinski definition) is 4. The number of unbranched alkanes of at least 4 members (excludes halogenated alkanes) is 1. The van der Waals surface area contributed by atoms with Crippen molar-refractivity contribution in [2.45, 2.75) is 58.5 Å². The molecule has 11 heteroatoms. The van der Waals surface area contributed by atoms with E-state index in [1.165, 1.54) is 4.31 Å². The van der Waals surface area contributed by atoms with E-state index in [0.29, 0.717) is 44.8 Å². The van der Waals surface area contributed by atoms with Gasteiger partial charge in [-0.15, -0.1) is 0 Å². The number of rotatable bonds is 15. The van der Waals surface area contributed by atoms with Crippen molar-refractivity contribution in [2.24, 2.45) is 0 Å². The molecule has 0 aliphatic carbocycles. The first kappa shape index (κ1) is 34.7. The van der Waals surface area contributed by atoms with Gasteiger partial charge < -0.3 is 10.2 Å². The molecule has 7 nitrogen and oxygen atoms in total. The van der Waals surface area contributed by atoms with Gasteiger partial charge in [0.1, 0.15) is 6.04 Å². The molecule has 1 N–H and O–H groups in total. The second kappa shape index (κ2) is 16.3. The number of nitrogens with one attached hydrogen (secondary N) is 1. The monoisotopic (exact) mass is 665 g/mol. The Labute approximate surface area is 270 Å². The van der Waals surface area contributed by atoms with Gasteiger partial charge in [0.25, 0.3) is 0 Å². The lowest BCUT2D eigenvalue weighted by molar-refractivity contribution is -0.141. The van der Waals surface area contributed by atoms with Crippen LogP contribution in [0.2, 0.25) is 15.1 Å². The zero-order valence-corrected chi connectivity index (χ0v) is 27.7. The summed E-state index contributed by atoms with van der Waals surface area (Å²) in [6.07, 6.45) is 3.37. The molecule has 1 atom stereocenters. The van der Waals surface area contributed by atoms with Gasteiger partial charge in [0.05, 0.1) is 11.9 Å². The van der Waals surface area contributed by atoms with Crippen LogP contribution in [-0.2, 0) is 32.6 Å². The number of amides is 2. The Morgan fingerprint density at radius 1 is 0.930 bits per heavy atom. The van der Waals surface area contributed by atoms with Gasteiger partial charge in [-0.1, -0.05) is 90.6 Å². The van der Waals surface area contributed by atoms with Crippen molar-refractivity contribution >= 4 is 62.3 Å². The third-order valence-electron chi connectivity index (χ3n) is 7.12. The van der Waals surface area contributed by atoms with E-state index in [0.717, 1.165) is 24.7 Å². The van der Waals surface area contributed by atoms with Gasteiger partial charge in [-0.2, -0.15) is 0 Å². The molecule has 0 saturated heterocycles. The molecule has 3 rings (SSSR count). The highest BCUT2D eigenvalue weighted by molar-refractivity contribution is 7.92. The average molecular weight is 667 g/mol. The third-order valence-corrected chi connectivity index (χ3v) is 9.29. The number of hydrogen-bond donors (Lipinski definition) is 1. The summed E-state index contributed by atoms with van der Waals surface area (Å²) in [6.45, 7) is 4.43. The van der Waals surface area contributed by atoms with E-state index >= 15 is 0 Å². The van der Waals surface area contributed by atoms with Crippen LogP contribution in [0.15, 0.2) is 66.7 Å². The average Bonchev–Trinajstić information content (AvgIpc) is 2.95. The second-order valence-electron chi connectivity index (χ2n) is 10.4. The molecular formula is C32H38Cl3N3O4S. The molecule has 0 aliphatic rings. The first-order valence-electron chi connectivity index (χ1n) is 14.2. The number of sulfonamides is 1. The Balaban J connectivity index is 1.92. The van der Waals surface area contributed by atoms with Crippen LogP contribution in [-0.4, -0.2) is 50.5 Å². The molecule has 0 aliphatic heterocycles. The highest BCUT2D eigenvalue weighted by atomic mass is 35.5. The lowest BCUT2D eigenvalue weighted by Crippen LogP contribution is -2.50. The molecule has 0 radical (unpaired) electrons. The Morgan fingerprint density at radius 2 is 1.65 bits per heavy atom. The maximum absolute atomic E-state index is 14.0. The van der Waals surface area contributed by atoms with Crippen LogP contribution in [0.4, 0.5) is 5.69 Å². The highest BCUT2D eigenvalue weighted by Crippen LogP contribution is 2.29. The minimum absolute atomic E-state index is 0.00434. The van der Waals surface area contributed by atoms with Crippen LogP contribution in [0.25, 0.3) is 0 Å². The fourth-order valence-electron chi connectivity index (χ4n) is 4.74. The fourth-order valence-corrected chi connectivity index (χ4v) is 6.40. The molecule has 0 bridgehead atoms. The zero-order valence-electron chi connectivity index (χ0n) is 24.7. The normalized spacial score (nSPS) is 12.0. The number of halogens is 3. The summed E-state index contributed by atoms with van der Waals surface area (Å²) < 4.78 is 26.8. The van der Waals surface area contributed by atoms with Crippen molar-refractivity contribution in [1.82, 2.24) is 10.2 Å². The molecule has 0 fully saturated rings. The summed E-state index contributed by atoms with van der Waals surface area (Å²) in [5, 5.41) is 4.28. The highest BCUT2D eigenvalue weighted by Gasteiger charge is 2.31. The maximum atomic E-state index is 14.0. The van der Waals surface area contributed by atoms with Gasteiger partial charge in [-0.3, -0.25) is 13.9 Å². The standard InChI is InChI=1S/C32H38Cl3N3O4S/c1-4-5-18-36-32(40)30(20-24-11-7-6-8-12-24)37(22-25-16-17-26(33)21-28(25)35)31(39)15-10-19-38(43(3,41)42)29-14-9-13-27(34)23(29)2/h6-9,11-14,16-17,21,30H,4-5,10,15,18-20,22H2,1-3H3,(H,36,40)/t30-/m1/s1. The van der Waals surface area contributed by atoms with Crippen molar-refractivity contribution in [2.75, 3.05) is 23.7 Å². The topological polar surface area (TPSA) is 86.8 Å². The smallest absolute Gasteiger partial charge is 0.243 e. The van der Waals surface area contributed by atoms with E-state index in [9.17, 15) is 18.0 Å². The summed E-state index contributed by atoms with van der Waals surface area (Å²) in [5.41, 5.74) is 2.64. The second-order valence-corrected chi connectivity index (χ2v) is 13.6. The number of anilines is 1. The van der Waals surface area contributed by atoms with Crippen LogP contribution in [0.5, 0.6) is 0 Å². The molecule has 3 aromatic rings. The van der Waals surface area contributed by atoms with Gasteiger partial charge in [0.2, 0.25) is 21.8 Å². The Kier molecular flexibility index (Phi) is 13.2. The van der Waals surface area contributed by atoms with Gasteiger partial charge in [-0.25, -0.2) is 8.42 Å². The van der Waals surface area contributed by atoms with E-state index in [-0.39, 0.29) is 37.7 Å². The van der Waals surface area contributed by atoms with Gasteiger partial charge >= 0.3 is 0 Å². The molecule has 232 valence electrons. The summed E-state index contributed by atoms with van der Waals surface area (Å²) in [6, 6.07) is 18.8. The lowest BCUT2D eigenvalue weighted by Gasteiger charge is -2.32. The quantitative estimate of drug-likeness (QED) is 0.176. The maximum Gasteiger partial charge on any atom is 0.243 e.